The fourth-order valence-electron chi connectivity index (χ4n) is 2.86. The molecular formula is C12H20N4O. The molecule has 3 rings (SSSR count). The van der Waals surface area contributed by atoms with E-state index < -0.39 is 0 Å². The highest BCUT2D eigenvalue weighted by Crippen LogP contribution is 2.25. The van der Waals surface area contributed by atoms with Gasteiger partial charge < -0.3 is 10.0 Å². The van der Waals surface area contributed by atoms with Crippen molar-refractivity contribution in [1.82, 2.24) is 19.7 Å². The van der Waals surface area contributed by atoms with Crippen LogP contribution in [0.5, 0.6) is 0 Å². The molecule has 0 aliphatic carbocycles. The van der Waals surface area contributed by atoms with Crippen molar-refractivity contribution in [3.8, 4) is 0 Å². The molecule has 0 spiro atoms. The number of piperidine rings is 1. The molecule has 0 amide bonds. The lowest BCUT2D eigenvalue weighted by molar-refractivity contribution is 0.138. The van der Waals surface area contributed by atoms with E-state index in [-0.39, 0.29) is 6.10 Å². The molecule has 17 heavy (non-hydrogen) atoms. The molecule has 0 aromatic carbocycles. The largest absolute Gasteiger partial charge is 0.393 e. The van der Waals surface area contributed by atoms with Gasteiger partial charge in [0, 0.05) is 25.4 Å². The van der Waals surface area contributed by atoms with E-state index in [9.17, 15) is 5.11 Å². The van der Waals surface area contributed by atoms with Gasteiger partial charge in [-0.15, -0.1) is 0 Å². The SMILES string of the molecule is CN1CCCC(c2nc3n(n2)CCC(O)C3)C1. The molecule has 1 aromatic rings. The molecule has 2 atom stereocenters. The number of likely N-dealkylation sites (tertiary alicyclic amines) is 1. The van der Waals surface area contributed by atoms with Crippen LogP contribution in [0.2, 0.25) is 0 Å². The van der Waals surface area contributed by atoms with Crippen molar-refractivity contribution in [2.75, 3.05) is 20.1 Å². The standard InChI is InChI=1S/C12H20N4O/c1-15-5-2-3-9(8-15)12-13-11-7-10(17)4-6-16(11)14-12/h9-10,17H,2-8H2,1H3. The molecule has 1 saturated heterocycles. The first-order valence-electron chi connectivity index (χ1n) is 6.52. The Hall–Kier alpha value is -0.940. The summed E-state index contributed by atoms with van der Waals surface area (Å²) in [4.78, 5) is 6.97. The second-order valence-electron chi connectivity index (χ2n) is 5.36. The Balaban J connectivity index is 1.79. The van der Waals surface area contributed by atoms with Crippen LogP contribution >= 0.6 is 0 Å². The van der Waals surface area contributed by atoms with Gasteiger partial charge in [-0.25, -0.2) is 9.67 Å². The van der Waals surface area contributed by atoms with Gasteiger partial charge in [0.15, 0.2) is 5.82 Å². The van der Waals surface area contributed by atoms with E-state index in [4.69, 9.17) is 0 Å². The van der Waals surface area contributed by atoms with Gasteiger partial charge in [-0.2, -0.15) is 5.10 Å². The lowest BCUT2D eigenvalue weighted by Gasteiger charge is -2.27. The van der Waals surface area contributed by atoms with Crippen molar-refractivity contribution < 1.29 is 5.11 Å². The highest BCUT2D eigenvalue weighted by atomic mass is 16.3. The van der Waals surface area contributed by atoms with Crippen molar-refractivity contribution >= 4 is 0 Å². The second-order valence-corrected chi connectivity index (χ2v) is 5.36. The number of fused-ring (bicyclic) bond motifs is 1. The molecule has 2 aliphatic heterocycles. The van der Waals surface area contributed by atoms with E-state index in [0.29, 0.717) is 12.3 Å². The third-order valence-electron chi connectivity index (χ3n) is 3.85. The van der Waals surface area contributed by atoms with Crippen molar-refractivity contribution in [1.29, 1.82) is 0 Å². The van der Waals surface area contributed by atoms with Gasteiger partial charge in [0.25, 0.3) is 0 Å². The summed E-state index contributed by atoms with van der Waals surface area (Å²) in [6, 6.07) is 0. The van der Waals surface area contributed by atoms with E-state index in [2.05, 4.69) is 22.0 Å². The monoisotopic (exact) mass is 236 g/mol. The second kappa shape index (κ2) is 4.38. The maximum Gasteiger partial charge on any atom is 0.155 e. The first-order chi connectivity index (χ1) is 8.22. The number of hydrogen-bond donors (Lipinski definition) is 1. The molecule has 1 N–H and O–H groups in total. The summed E-state index contributed by atoms with van der Waals surface area (Å²) in [5, 5.41) is 14.2. The third-order valence-corrected chi connectivity index (χ3v) is 3.85. The fraction of sp³-hybridized carbons (Fsp3) is 0.833. The number of nitrogens with zero attached hydrogens (tertiary/aromatic N) is 4. The highest BCUT2D eigenvalue weighted by molar-refractivity contribution is 5.04. The minimum absolute atomic E-state index is 0.228. The molecule has 1 aromatic heterocycles. The summed E-state index contributed by atoms with van der Waals surface area (Å²) in [6.07, 6.45) is 3.66. The van der Waals surface area contributed by atoms with Crippen LogP contribution < -0.4 is 0 Å². The number of aliphatic hydroxyl groups excluding tert-OH is 1. The zero-order valence-corrected chi connectivity index (χ0v) is 10.3. The summed E-state index contributed by atoms with van der Waals surface area (Å²) in [7, 11) is 2.16. The average molecular weight is 236 g/mol. The van der Waals surface area contributed by atoms with Crippen LogP contribution in [0.15, 0.2) is 0 Å². The molecule has 94 valence electrons. The minimum Gasteiger partial charge on any atom is -0.393 e. The van der Waals surface area contributed by atoms with Crippen LogP contribution in [0.4, 0.5) is 0 Å². The van der Waals surface area contributed by atoms with E-state index in [1.807, 2.05) is 4.68 Å². The summed E-state index contributed by atoms with van der Waals surface area (Å²) in [5.74, 6) is 2.43. The normalized spacial score (nSPS) is 30.2. The molecule has 0 saturated carbocycles. The maximum absolute atomic E-state index is 9.63. The van der Waals surface area contributed by atoms with Crippen molar-refractivity contribution in [3.63, 3.8) is 0 Å². The summed E-state index contributed by atoms with van der Waals surface area (Å²) in [5.41, 5.74) is 0. The van der Waals surface area contributed by atoms with E-state index in [1.165, 1.54) is 19.4 Å². The molecule has 2 aliphatic rings. The van der Waals surface area contributed by atoms with Gasteiger partial charge >= 0.3 is 0 Å². The van der Waals surface area contributed by atoms with E-state index in [1.54, 1.807) is 0 Å². The Morgan fingerprint density at radius 3 is 3.00 bits per heavy atom. The number of rotatable bonds is 1. The molecule has 0 bridgehead atoms. The predicted molar refractivity (Wildman–Crippen MR) is 63.8 cm³/mol. The molecule has 5 nitrogen and oxygen atoms in total. The number of hydrogen-bond acceptors (Lipinski definition) is 4. The quantitative estimate of drug-likeness (QED) is 0.766. The molecule has 1 fully saturated rings. The van der Waals surface area contributed by atoms with Crippen LogP contribution in [0.25, 0.3) is 0 Å². The lowest BCUT2D eigenvalue weighted by atomic mass is 9.98. The van der Waals surface area contributed by atoms with Gasteiger partial charge in [0.05, 0.1) is 6.10 Å². The van der Waals surface area contributed by atoms with Gasteiger partial charge in [0.1, 0.15) is 5.82 Å². The van der Waals surface area contributed by atoms with Crippen molar-refractivity contribution in [2.24, 2.45) is 0 Å². The lowest BCUT2D eigenvalue weighted by Crippen LogP contribution is -2.31. The Bertz CT molecular complexity index is 403. The first kappa shape index (κ1) is 11.2. The van der Waals surface area contributed by atoms with Gasteiger partial charge in [-0.1, -0.05) is 0 Å². The first-order valence-corrected chi connectivity index (χ1v) is 6.52. The molecular weight excluding hydrogens is 216 g/mol. The maximum atomic E-state index is 9.63. The Kier molecular flexibility index (Phi) is 2.88. The van der Waals surface area contributed by atoms with Crippen LogP contribution in [0.3, 0.4) is 0 Å². The van der Waals surface area contributed by atoms with E-state index >= 15 is 0 Å². The number of aliphatic hydroxyl groups is 1. The van der Waals surface area contributed by atoms with Crippen LogP contribution in [-0.4, -0.2) is 51.0 Å². The number of aromatic nitrogens is 3. The number of aryl methyl sites for hydroxylation is 1. The molecule has 2 unspecified atom stereocenters. The fourth-order valence-corrected chi connectivity index (χ4v) is 2.86. The van der Waals surface area contributed by atoms with Crippen molar-refractivity contribution in [2.45, 2.75) is 44.2 Å². The smallest absolute Gasteiger partial charge is 0.155 e. The van der Waals surface area contributed by atoms with Gasteiger partial charge in [0.2, 0.25) is 0 Å². The van der Waals surface area contributed by atoms with Gasteiger partial charge in [-0.3, -0.25) is 0 Å². The summed E-state index contributed by atoms with van der Waals surface area (Å²) < 4.78 is 1.98. The predicted octanol–water partition coefficient (Wildman–Crippen LogP) is 0.394. The zero-order valence-electron chi connectivity index (χ0n) is 10.3. The molecule has 3 heterocycles. The average Bonchev–Trinajstić information content (AvgIpc) is 2.72. The Morgan fingerprint density at radius 2 is 2.18 bits per heavy atom. The topological polar surface area (TPSA) is 54.2 Å². The summed E-state index contributed by atoms with van der Waals surface area (Å²) in [6.45, 7) is 3.06. The van der Waals surface area contributed by atoms with Crippen molar-refractivity contribution in [3.05, 3.63) is 11.6 Å². The highest BCUT2D eigenvalue weighted by Gasteiger charge is 2.26. The van der Waals surface area contributed by atoms with Crippen LogP contribution in [-0.2, 0) is 13.0 Å². The van der Waals surface area contributed by atoms with Crippen LogP contribution in [0, 0.1) is 0 Å². The van der Waals surface area contributed by atoms with E-state index in [0.717, 1.165) is 31.2 Å². The Morgan fingerprint density at radius 1 is 1.29 bits per heavy atom. The van der Waals surface area contributed by atoms with Crippen LogP contribution in [0.1, 0.15) is 36.8 Å². The minimum atomic E-state index is -0.228. The molecule has 5 heteroatoms. The molecule has 0 radical (unpaired) electrons. The van der Waals surface area contributed by atoms with Gasteiger partial charge in [-0.05, 0) is 32.9 Å². The third kappa shape index (κ3) is 2.21. The summed E-state index contributed by atoms with van der Waals surface area (Å²) >= 11 is 0. The number of likely N-dealkylation sites (N-methyl/N-ethyl adjacent to an activating group) is 1. The zero-order chi connectivity index (χ0) is 11.8. The Labute approximate surface area is 101 Å².